The van der Waals surface area contributed by atoms with Gasteiger partial charge in [-0.05, 0) is 73.8 Å². The number of rotatable bonds is 10. The number of nitrogens with one attached hydrogen (secondary N) is 1. The summed E-state index contributed by atoms with van der Waals surface area (Å²) in [5.74, 6) is 1.61. The number of carbonyl (C=O) groups excluding carboxylic acids is 1. The van der Waals surface area contributed by atoms with Crippen LogP contribution < -0.4 is 19.6 Å². The van der Waals surface area contributed by atoms with E-state index in [1.54, 1.807) is 0 Å². The summed E-state index contributed by atoms with van der Waals surface area (Å²) in [7, 11) is 0. The smallest absolute Gasteiger partial charge is 0.220 e. The van der Waals surface area contributed by atoms with Crippen LogP contribution in [0.4, 0.5) is 0 Å². The van der Waals surface area contributed by atoms with Crippen molar-refractivity contribution < 1.29 is 19.1 Å². The van der Waals surface area contributed by atoms with E-state index in [4.69, 9.17) is 14.3 Å². The normalized spacial score (nSPS) is 16.5. The average Bonchev–Trinajstić information content (AvgIpc) is 3.52. The van der Waals surface area contributed by atoms with E-state index < -0.39 is 0 Å². The molecular formula is C25H31N5O4. The van der Waals surface area contributed by atoms with Gasteiger partial charge in [0.05, 0.1) is 0 Å². The number of aromatic nitrogens is 3. The quantitative estimate of drug-likeness (QED) is 0.459. The lowest BCUT2D eigenvalue weighted by molar-refractivity contribution is -0.122. The third-order valence-corrected chi connectivity index (χ3v) is 6.21. The number of carbonyl (C=O) groups is 1. The zero-order valence-electron chi connectivity index (χ0n) is 19.3. The Balaban J connectivity index is 1.14. The van der Waals surface area contributed by atoms with Gasteiger partial charge in [0.2, 0.25) is 5.91 Å². The molecular weight excluding hydrogens is 434 g/mol. The molecule has 1 atom stereocenters. The number of benzene rings is 2. The maximum atomic E-state index is 12.8. The minimum Gasteiger partial charge on any atom is -0.486 e. The van der Waals surface area contributed by atoms with Crippen molar-refractivity contribution >= 4 is 16.9 Å². The summed E-state index contributed by atoms with van der Waals surface area (Å²) in [5, 5.41) is 11.3. The first-order valence-corrected chi connectivity index (χ1v) is 12.1. The molecule has 1 N–H and O–H groups in total. The third-order valence-electron chi connectivity index (χ3n) is 6.21. The minimum atomic E-state index is 0.0355. The van der Waals surface area contributed by atoms with Crippen LogP contribution >= 0.6 is 0 Å². The fourth-order valence-electron chi connectivity index (χ4n) is 4.56. The van der Waals surface area contributed by atoms with Crippen molar-refractivity contribution in [1.82, 2.24) is 25.4 Å². The molecule has 1 amide bonds. The van der Waals surface area contributed by atoms with E-state index >= 15 is 0 Å². The van der Waals surface area contributed by atoms with Crippen LogP contribution in [0.15, 0.2) is 42.5 Å². The Morgan fingerprint density at radius 3 is 2.79 bits per heavy atom. The molecule has 0 bridgehead atoms. The van der Waals surface area contributed by atoms with Crippen molar-refractivity contribution in [2.45, 2.75) is 38.1 Å². The van der Waals surface area contributed by atoms with Crippen LogP contribution in [0.3, 0.4) is 0 Å². The molecule has 0 spiro atoms. The number of amides is 1. The SMILES string of the molecule is O=C(CCCOn1nnc2ccccc21)N[C@@H](Cc1ccc2c(c1)OCCO2)CN1CCCC1. The van der Waals surface area contributed by atoms with E-state index in [9.17, 15) is 4.79 Å². The van der Waals surface area contributed by atoms with Crippen LogP contribution in [-0.4, -0.2) is 71.5 Å². The molecule has 9 heteroatoms. The number of hydrogen-bond acceptors (Lipinski definition) is 7. The third kappa shape index (κ3) is 5.59. The maximum absolute atomic E-state index is 12.8. The molecule has 3 aromatic rings. The van der Waals surface area contributed by atoms with Gasteiger partial charge in [-0.25, -0.2) is 0 Å². The standard InChI is InChI=1S/C25H31N5O4/c31-25(8-5-13-34-30-22-7-2-1-6-21(22)27-28-30)26-20(18-29-11-3-4-12-29)16-19-9-10-23-24(17-19)33-15-14-32-23/h1-2,6-7,9-10,17,20H,3-5,8,11-16,18H2,(H,26,31)/t20-/m0/s1. The predicted molar refractivity (Wildman–Crippen MR) is 127 cm³/mol. The molecule has 1 aromatic heterocycles. The zero-order valence-corrected chi connectivity index (χ0v) is 19.3. The van der Waals surface area contributed by atoms with Gasteiger partial charge in [0, 0.05) is 19.0 Å². The first kappa shape index (κ1) is 22.5. The van der Waals surface area contributed by atoms with Crippen molar-refractivity contribution in [2.75, 3.05) is 39.5 Å². The maximum Gasteiger partial charge on any atom is 0.220 e. The van der Waals surface area contributed by atoms with E-state index in [1.807, 2.05) is 36.4 Å². The highest BCUT2D eigenvalue weighted by Crippen LogP contribution is 2.31. The topological polar surface area (TPSA) is 90.7 Å². The summed E-state index contributed by atoms with van der Waals surface area (Å²) < 4.78 is 11.4. The molecule has 0 saturated carbocycles. The monoisotopic (exact) mass is 465 g/mol. The van der Waals surface area contributed by atoms with Gasteiger partial charge in [-0.1, -0.05) is 23.0 Å². The van der Waals surface area contributed by atoms with Crippen molar-refractivity contribution in [1.29, 1.82) is 0 Å². The highest BCUT2D eigenvalue weighted by molar-refractivity contribution is 5.76. The highest BCUT2D eigenvalue weighted by atomic mass is 16.7. The van der Waals surface area contributed by atoms with Crippen LogP contribution in [0, 0.1) is 0 Å². The summed E-state index contributed by atoms with van der Waals surface area (Å²) >= 11 is 0. The van der Waals surface area contributed by atoms with E-state index in [0.29, 0.717) is 32.7 Å². The Kier molecular flexibility index (Phi) is 7.09. The van der Waals surface area contributed by atoms with Crippen molar-refractivity contribution in [2.24, 2.45) is 0 Å². The number of likely N-dealkylation sites (tertiary alicyclic amines) is 1. The first-order valence-electron chi connectivity index (χ1n) is 12.1. The molecule has 1 saturated heterocycles. The van der Waals surface area contributed by atoms with Gasteiger partial charge in [0.25, 0.3) is 0 Å². The largest absolute Gasteiger partial charge is 0.486 e. The van der Waals surface area contributed by atoms with Crippen molar-refractivity contribution in [3.05, 3.63) is 48.0 Å². The Labute approximate surface area is 198 Å². The van der Waals surface area contributed by atoms with E-state index in [2.05, 4.69) is 26.6 Å². The van der Waals surface area contributed by atoms with Gasteiger partial charge >= 0.3 is 0 Å². The van der Waals surface area contributed by atoms with Gasteiger partial charge < -0.3 is 24.5 Å². The highest BCUT2D eigenvalue weighted by Gasteiger charge is 2.21. The number of ether oxygens (including phenoxy) is 2. The molecule has 0 aliphatic carbocycles. The van der Waals surface area contributed by atoms with Crippen LogP contribution in [0.5, 0.6) is 11.5 Å². The summed E-state index contributed by atoms with van der Waals surface area (Å²) in [6.07, 6.45) is 4.18. The number of hydrogen-bond donors (Lipinski definition) is 1. The van der Waals surface area contributed by atoms with Gasteiger partial charge in [-0.3, -0.25) is 4.79 Å². The molecule has 34 heavy (non-hydrogen) atoms. The lowest BCUT2D eigenvalue weighted by Gasteiger charge is -2.25. The fraction of sp³-hybridized carbons (Fsp3) is 0.480. The Morgan fingerprint density at radius 1 is 1.09 bits per heavy atom. The predicted octanol–water partition coefficient (Wildman–Crippen LogP) is 2.23. The lowest BCUT2D eigenvalue weighted by Crippen LogP contribution is -2.44. The van der Waals surface area contributed by atoms with Gasteiger partial charge in [0.1, 0.15) is 30.9 Å². The lowest BCUT2D eigenvalue weighted by atomic mass is 10.0. The minimum absolute atomic E-state index is 0.0355. The number of fused-ring (bicyclic) bond motifs is 2. The first-order chi connectivity index (χ1) is 16.7. The fourth-order valence-corrected chi connectivity index (χ4v) is 4.56. The molecule has 180 valence electrons. The summed E-state index contributed by atoms with van der Waals surface area (Å²) in [6, 6.07) is 13.7. The molecule has 2 aromatic carbocycles. The summed E-state index contributed by atoms with van der Waals surface area (Å²) in [6.45, 7) is 4.56. The molecule has 9 nitrogen and oxygen atoms in total. The average molecular weight is 466 g/mol. The molecule has 3 heterocycles. The van der Waals surface area contributed by atoms with E-state index in [1.165, 1.54) is 17.7 Å². The summed E-state index contributed by atoms with van der Waals surface area (Å²) in [5.41, 5.74) is 2.73. The second-order valence-electron chi connectivity index (χ2n) is 8.84. The summed E-state index contributed by atoms with van der Waals surface area (Å²) in [4.78, 5) is 22.3. The van der Waals surface area contributed by atoms with Gasteiger partial charge in [-0.15, -0.1) is 5.10 Å². The molecule has 2 aliphatic heterocycles. The Morgan fingerprint density at radius 2 is 1.91 bits per heavy atom. The molecule has 2 aliphatic rings. The Hall–Kier alpha value is -3.33. The van der Waals surface area contributed by atoms with Crippen LogP contribution in [0.2, 0.25) is 0 Å². The van der Waals surface area contributed by atoms with E-state index in [0.717, 1.165) is 54.2 Å². The van der Waals surface area contributed by atoms with E-state index in [-0.39, 0.29) is 11.9 Å². The van der Waals surface area contributed by atoms with Crippen LogP contribution in [-0.2, 0) is 11.2 Å². The number of para-hydroxylation sites is 1. The second kappa shape index (κ2) is 10.7. The molecule has 0 radical (unpaired) electrons. The molecule has 1 fully saturated rings. The van der Waals surface area contributed by atoms with Gasteiger partial charge in [0.15, 0.2) is 11.5 Å². The zero-order chi connectivity index (χ0) is 23.2. The van der Waals surface area contributed by atoms with Crippen LogP contribution in [0.1, 0.15) is 31.2 Å². The Bertz CT molecular complexity index is 1110. The van der Waals surface area contributed by atoms with Crippen LogP contribution in [0.25, 0.3) is 11.0 Å². The van der Waals surface area contributed by atoms with Crippen molar-refractivity contribution in [3.8, 4) is 11.5 Å². The molecule has 5 rings (SSSR count). The molecule has 0 unspecified atom stereocenters. The second-order valence-corrected chi connectivity index (χ2v) is 8.84. The number of nitrogens with zero attached hydrogens (tertiary/aromatic N) is 4. The van der Waals surface area contributed by atoms with Crippen molar-refractivity contribution in [3.63, 3.8) is 0 Å². The van der Waals surface area contributed by atoms with Gasteiger partial charge in [-0.2, -0.15) is 0 Å².